The van der Waals surface area contributed by atoms with Crippen LogP contribution in [0.4, 0.5) is 4.79 Å². The summed E-state index contributed by atoms with van der Waals surface area (Å²) in [5, 5.41) is 7.85. The Bertz CT molecular complexity index is 734. The van der Waals surface area contributed by atoms with Crippen molar-refractivity contribution >= 4 is 53.3 Å². The smallest absolute Gasteiger partial charge is 0.409 e. The first kappa shape index (κ1) is 27.4. The lowest BCUT2D eigenvalue weighted by atomic mass is 10.1. The molecule has 1 saturated heterocycles. The number of hydrogen-bond donors (Lipinski definition) is 2. The van der Waals surface area contributed by atoms with Gasteiger partial charge in [0.1, 0.15) is 6.54 Å². The van der Waals surface area contributed by atoms with Crippen LogP contribution in [0.3, 0.4) is 0 Å². The van der Waals surface area contributed by atoms with E-state index in [1.165, 1.54) is 9.78 Å². The number of piperidine rings is 1. The predicted octanol–water partition coefficient (Wildman–Crippen LogP) is 2.42. The van der Waals surface area contributed by atoms with Crippen LogP contribution in [-0.2, 0) is 9.53 Å². The van der Waals surface area contributed by atoms with Crippen LogP contribution in [0.1, 0.15) is 42.5 Å². The van der Waals surface area contributed by atoms with Gasteiger partial charge in [0.15, 0.2) is 5.96 Å². The van der Waals surface area contributed by atoms with Crippen LogP contribution in [0, 0.1) is 6.92 Å². The van der Waals surface area contributed by atoms with Gasteiger partial charge < -0.3 is 25.2 Å². The van der Waals surface area contributed by atoms with Gasteiger partial charge in [-0.1, -0.05) is 6.92 Å². The van der Waals surface area contributed by atoms with Crippen LogP contribution in [-0.4, -0.2) is 85.7 Å². The third-order valence-electron chi connectivity index (χ3n) is 4.87. The topological polar surface area (TPSA) is 99.2 Å². The molecule has 2 N–H and O–H groups in total. The molecule has 2 heterocycles. The van der Waals surface area contributed by atoms with Gasteiger partial charge in [0, 0.05) is 56.8 Å². The maximum absolute atomic E-state index is 12.0. The summed E-state index contributed by atoms with van der Waals surface area (Å²) in [6.07, 6.45) is 3.22. The minimum absolute atomic E-state index is 0. The second-order valence-electron chi connectivity index (χ2n) is 7.65. The molecule has 1 aliphatic rings. The molecule has 0 spiro atoms. The zero-order chi connectivity index (χ0) is 22.1. The highest BCUT2D eigenvalue weighted by molar-refractivity contribution is 14.0. The van der Waals surface area contributed by atoms with E-state index in [-0.39, 0.29) is 54.5 Å². The highest BCUT2D eigenvalue weighted by atomic mass is 127. The number of ether oxygens (including phenoxy) is 1. The van der Waals surface area contributed by atoms with Gasteiger partial charge in [0.2, 0.25) is 5.91 Å². The normalized spacial score (nSPS) is 15.6. The third kappa shape index (κ3) is 9.17. The van der Waals surface area contributed by atoms with E-state index in [4.69, 9.17) is 4.74 Å². The number of likely N-dealkylation sites (N-methyl/N-ethyl adjacent to an activating group) is 1. The van der Waals surface area contributed by atoms with Gasteiger partial charge in [-0.2, -0.15) is 0 Å². The Balaban J connectivity index is 0.00000480. The van der Waals surface area contributed by atoms with Gasteiger partial charge in [-0.3, -0.25) is 4.79 Å². The number of thiazole rings is 1. The SMILES string of the molecule is CCOC(=O)N1CCC(NC(=NCC(=O)N(C)C)NCC(C)c2ncc(C)s2)CC1.I. The number of hydrogen-bond acceptors (Lipinski definition) is 6. The number of carbonyl (C=O) groups excluding carboxylic acids is 2. The Morgan fingerprint density at radius 1 is 1.39 bits per heavy atom. The van der Waals surface area contributed by atoms with E-state index < -0.39 is 0 Å². The van der Waals surface area contributed by atoms with Crippen molar-refractivity contribution in [1.82, 2.24) is 25.4 Å². The fourth-order valence-electron chi connectivity index (χ4n) is 2.99. The van der Waals surface area contributed by atoms with Crippen LogP contribution in [0.5, 0.6) is 0 Å². The standard InChI is InChI=1S/C20H34N6O3S.HI/c1-6-29-20(28)26-9-7-16(8-10-26)24-19(23-13-17(27)25(4)5)22-11-14(2)18-21-12-15(3)30-18;/h12,14,16H,6-11,13H2,1-5H3,(H2,22,23,24);1H. The monoisotopic (exact) mass is 566 g/mol. The molecule has 1 aliphatic heterocycles. The maximum atomic E-state index is 12.0. The zero-order valence-electron chi connectivity index (χ0n) is 19.0. The van der Waals surface area contributed by atoms with Crippen molar-refractivity contribution in [3.8, 4) is 0 Å². The van der Waals surface area contributed by atoms with E-state index in [1.807, 2.05) is 20.0 Å². The summed E-state index contributed by atoms with van der Waals surface area (Å²) in [6, 6.07) is 0.175. The van der Waals surface area contributed by atoms with Crippen molar-refractivity contribution in [2.75, 3.05) is 46.9 Å². The number of nitrogens with zero attached hydrogens (tertiary/aromatic N) is 4. The van der Waals surface area contributed by atoms with Crippen LogP contribution in [0.15, 0.2) is 11.2 Å². The molecule has 0 bridgehead atoms. The Labute approximate surface area is 206 Å². The molecule has 176 valence electrons. The molecule has 1 aromatic rings. The predicted molar refractivity (Wildman–Crippen MR) is 134 cm³/mol. The van der Waals surface area contributed by atoms with Gasteiger partial charge in [0.25, 0.3) is 0 Å². The van der Waals surface area contributed by atoms with E-state index in [1.54, 1.807) is 30.3 Å². The number of nitrogens with one attached hydrogen (secondary N) is 2. The summed E-state index contributed by atoms with van der Waals surface area (Å²) >= 11 is 1.69. The molecule has 11 heteroatoms. The van der Waals surface area contributed by atoms with Gasteiger partial charge in [-0.15, -0.1) is 35.3 Å². The Hall–Kier alpha value is -1.63. The van der Waals surface area contributed by atoms with Crippen molar-refractivity contribution < 1.29 is 14.3 Å². The molecule has 9 nitrogen and oxygen atoms in total. The van der Waals surface area contributed by atoms with Gasteiger partial charge in [0.05, 0.1) is 11.6 Å². The van der Waals surface area contributed by atoms with Crippen molar-refractivity contribution in [3.63, 3.8) is 0 Å². The summed E-state index contributed by atoms with van der Waals surface area (Å²) in [5.41, 5.74) is 0. The minimum Gasteiger partial charge on any atom is -0.450 e. The van der Waals surface area contributed by atoms with E-state index >= 15 is 0 Å². The highest BCUT2D eigenvalue weighted by Gasteiger charge is 2.24. The Morgan fingerprint density at radius 3 is 2.61 bits per heavy atom. The quantitative estimate of drug-likeness (QED) is 0.299. The number of carbonyl (C=O) groups is 2. The van der Waals surface area contributed by atoms with Crippen LogP contribution < -0.4 is 10.6 Å². The summed E-state index contributed by atoms with van der Waals surface area (Å²) in [7, 11) is 3.44. The number of rotatable bonds is 7. The largest absolute Gasteiger partial charge is 0.450 e. The molecular formula is C20H35IN6O3S. The van der Waals surface area contributed by atoms with E-state index in [0.29, 0.717) is 32.2 Å². The average Bonchev–Trinajstić information content (AvgIpc) is 3.16. The molecule has 0 saturated carbocycles. The molecule has 2 amide bonds. The van der Waals surface area contributed by atoms with Crippen LogP contribution >= 0.6 is 35.3 Å². The molecule has 0 aliphatic carbocycles. The molecule has 0 radical (unpaired) electrons. The van der Waals surface area contributed by atoms with Crippen molar-refractivity contribution in [2.24, 2.45) is 4.99 Å². The number of aliphatic imine (C=N–C) groups is 1. The first-order valence-corrected chi connectivity index (χ1v) is 11.2. The number of likely N-dealkylation sites (tertiary alicyclic amines) is 1. The number of aromatic nitrogens is 1. The average molecular weight is 567 g/mol. The summed E-state index contributed by atoms with van der Waals surface area (Å²) in [4.78, 5) is 37.2. The molecular weight excluding hydrogens is 531 g/mol. The highest BCUT2D eigenvalue weighted by Crippen LogP contribution is 2.20. The minimum atomic E-state index is -0.257. The van der Waals surface area contributed by atoms with Gasteiger partial charge in [-0.05, 0) is 26.7 Å². The molecule has 1 unspecified atom stereocenters. The van der Waals surface area contributed by atoms with E-state index in [9.17, 15) is 9.59 Å². The molecule has 0 aromatic carbocycles. The Morgan fingerprint density at radius 2 is 2.06 bits per heavy atom. The zero-order valence-corrected chi connectivity index (χ0v) is 22.2. The number of guanidine groups is 1. The summed E-state index contributed by atoms with van der Waals surface area (Å²) < 4.78 is 5.08. The molecule has 1 fully saturated rings. The molecule has 31 heavy (non-hydrogen) atoms. The lowest BCUT2D eigenvalue weighted by molar-refractivity contribution is -0.127. The fraction of sp³-hybridized carbons (Fsp3) is 0.700. The molecule has 1 atom stereocenters. The second kappa shape index (κ2) is 13.7. The van der Waals surface area contributed by atoms with Gasteiger partial charge >= 0.3 is 6.09 Å². The van der Waals surface area contributed by atoms with Crippen LogP contribution in [0.2, 0.25) is 0 Å². The third-order valence-corrected chi connectivity index (χ3v) is 6.01. The van der Waals surface area contributed by atoms with E-state index in [0.717, 1.165) is 17.8 Å². The van der Waals surface area contributed by atoms with Crippen LogP contribution in [0.25, 0.3) is 0 Å². The lowest BCUT2D eigenvalue weighted by Crippen LogP contribution is -2.50. The summed E-state index contributed by atoms with van der Waals surface area (Å²) in [5.74, 6) is 0.780. The maximum Gasteiger partial charge on any atom is 0.409 e. The van der Waals surface area contributed by atoms with Crippen molar-refractivity contribution in [3.05, 3.63) is 16.1 Å². The molecule has 2 rings (SSSR count). The first-order chi connectivity index (χ1) is 14.3. The Kier molecular flexibility index (Phi) is 12.1. The fourth-order valence-corrected chi connectivity index (χ4v) is 3.82. The van der Waals surface area contributed by atoms with Gasteiger partial charge in [-0.25, -0.2) is 14.8 Å². The first-order valence-electron chi connectivity index (χ1n) is 10.4. The lowest BCUT2D eigenvalue weighted by Gasteiger charge is -2.32. The molecule has 1 aromatic heterocycles. The van der Waals surface area contributed by atoms with Crippen molar-refractivity contribution in [2.45, 2.75) is 45.6 Å². The summed E-state index contributed by atoms with van der Waals surface area (Å²) in [6.45, 7) is 8.37. The second-order valence-corrected chi connectivity index (χ2v) is 8.92. The number of halogens is 1. The number of amides is 2. The number of aryl methyl sites for hydroxylation is 1. The van der Waals surface area contributed by atoms with Crippen molar-refractivity contribution in [1.29, 1.82) is 0 Å². The van der Waals surface area contributed by atoms with E-state index in [2.05, 4.69) is 27.5 Å².